The number of aromatic nitrogens is 3. The average Bonchev–Trinajstić information content (AvgIpc) is 2.77. The Morgan fingerprint density at radius 2 is 2.17 bits per heavy atom. The summed E-state index contributed by atoms with van der Waals surface area (Å²) in [6.07, 6.45) is 3.06. The van der Waals surface area contributed by atoms with E-state index < -0.39 is 0 Å². The molecule has 2 heterocycles. The van der Waals surface area contributed by atoms with Crippen molar-refractivity contribution in [2.24, 2.45) is 0 Å². The summed E-state index contributed by atoms with van der Waals surface area (Å²) in [5, 5.41) is 0.769. The largest absolute Gasteiger partial charge is 0.368 e. The smallest absolute Gasteiger partial charge is 0.220 e. The van der Waals surface area contributed by atoms with Crippen molar-refractivity contribution >= 4 is 28.5 Å². The van der Waals surface area contributed by atoms with Crippen LogP contribution in [0.1, 0.15) is 0 Å². The van der Waals surface area contributed by atoms with Gasteiger partial charge in [-0.15, -0.1) is 0 Å². The first-order valence-corrected chi connectivity index (χ1v) is 5.58. The van der Waals surface area contributed by atoms with Gasteiger partial charge in [-0.25, -0.2) is 14.4 Å². The molecule has 0 aliphatic rings. The molecule has 0 amide bonds. The highest BCUT2D eigenvalue weighted by atomic mass is 35.5. The van der Waals surface area contributed by atoms with Gasteiger partial charge in [-0.3, -0.25) is 0 Å². The van der Waals surface area contributed by atoms with Crippen LogP contribution in [0, 0.1) is 5.82 Å². The predicted octanol–water partition coefficient (Wildman–Crippen LogP) is 3.00. The molecule has 3 N–H and O–H groups in total. The number of nitrogens with one attached hydrogen (secondary N) is 1. The molecule has 0 aliphatic heterocycles. The van der Waals surface area contributed by atoms with Crippen molar-refractivity contribution in [3.8, 4) is 11.3 Å². The van der Waals surface area contributed by atoms with Crippen molar-refractivity contribution in [1.82, 2.24) is 15.0 Å². The van der Waals surface area contributed by atoms with Gasteiger partial charge in [0.2, 0.25) is 5.95 Å². The summed E-state index contributed by atoms with van der Waals surface area (Å²) in [7, 11) is 0. The van der Waals surface area contributed by atoms with Gasteiger partial charge in [0.25, 0.3) is 0 Å². The average molecular weight is 263 g/mol. The lowest BCUT2D eigenvalue weighted by Gasteiger charge is -2.03. The molecule has 0 fully saturated rings. The van der Waals surface area contributed by atoms with Crippen molar-refractivity contribution < 1.29 is 4.39 Å². The summed E-state index contributed by atoms with van der Waals surface area (Å²) in [4.78, 5) is 10.8. The molecule has 1 aromatic carbocycles. The van der Waals surface area contributed by atoms with E-state index in [1.807, 2.05) is 0 Å². The molecule has 3 aromatic rings. The van der Waals surface area contributed by atoms with Gasteiger partial charge in [0.1, 0.15) is 5.82 Å². The maximum Gasteiger partial charge on any atom is 0.220 e. The number of halogens is 2. The van der Waals surface area contributed by atoms with E-state index in [2.05, 4.69) is 15.0 Å². The molecule has 90 valence electrons. The summed E-state index contributed by atoms with van der Waals surface area (Å²) >= 11 is 6.02. The fraction of sp³-hybridized carbons (Fsp3) is 0. The minimum atomic E-state index is -0.336. The summed E-state index contributed by atoms with van der Waals surface area (Å²) in [6.45, 7) is 0. The maximum absolute atomic E-state index is 13.9. The monoisotopic (exact) mass is 262 g/mol. The third-order valence-electron chi connectivity index (χ3n) is 2.67. The lowest BCUT2D eigenvalue weighted by Crippen LogP contribution is -1.96. The van der Waals surface area contributed by atoms with Gasteiger partial charge in [0.05, 0.1) is 16.9 Å². The van der Waals surface area contributed by atoms with E-state index >= 15 is 0 Å². The number of benzene rings is 1. The summed E-state index contributed by atoms with van der Waals surface area (Å²) in [5.41, 5.74) is 7.20. The van der Waals surface area contributed by atoms with Gasteiger partial charge in [0.15, 0.2) is 0 Å². The predicted molar refractivity (Wildman–Crippen MR) is 68.7 cm³/mol. The molecule has 0 saturated heterocycles. The Hall–Kier alpha value is -2.14. The Balaban J connectivity index is 2.35. The molecule has 0 spiro atoms. The molecule has 3 rings (SSSR count). The van der Waals surface area contributed by atoms with Crippen LogP contribution in [0.25, 0.3) is 22.2 Å². The molecular formula is C12H8ClFN4. The first-order chi connectivity index (χ1) is 8.66. The fourth-order valence-electron chi connectivity index (χ4n) is 1.90. The number of H-pyrrole nitrogens is 1. The normalized spacial score (nSPS) is 11.0. The molecule has 0 atom stereocenters. The van der Waals surface area contributed by atoms with Crippen LogP contribution in [0.15, 0.2) is 30.6 Å². The highest BCUT2D eigenvalue weighted by Gasteiger charge is 2.14. The van der Waals surface area contributed by atoms with Gasteiger partial charge < -0.3 is 10.7 Å². The van der Waals surface area contributed by atoms with Crippen LogP contribution in [0.2, 0.25) is 5.02 Å². The molecule has 0 unspecified atom stereocenters. The van der Waals surface area contributed by atoms with Crippen molar-refractivity contribution in [1.29, 1.82) is 0 Å². The Bertz CT molecular complexity index is 738. The second-order valence-corrected chi connectivity index (χ2v) is 4.20. The van der Waals surface area contributed by atoms with Gasteiger partial charge in [-0.2, -0.15) is 0 Å². The van der Waals surface area contributed by atoms with Crippen molar-refractivity contribution in [3.63, 3.8) is 0 Å². The third kappa shape index (κ3) is 1.60. The van der Waals surface area contributed by atoms with E-state index in [9.17, 15) is 4.39 Å². The number of aromatic amines is 1. The second-order valence-electron chi connectivity index (χ2n) is 3.79. The van der Waals surface area contributed by atoms with Crippen molar-refractivity contribution in [2.45, 2.75) is 0 Å². The number of fused-ring (bicyclic) bond motifs is 1. The van der Waals surface area contributed by atoms with Crippen LogP contribution in [-0.2, 0) is 0 Å². The number of anilines is 1. The second kappa shape index (κ2) is 3.96. The Labute approximate surface area is 107 Å². The van der Waals surface area contributed by atoms with Gasteiger partial charge in [-0.1, -0.05) is 17.7 Å². The Kier molecular flexibility index (Phi) is 2.41. The molecule has 0 saturated carbocycles. The maximum atomic E-state index is 13.9. The standard InChI is InChI=1S/C12H8ClFN4/c13-7-5-17-12(15)18-11(7)6-4-16-9-3-1-2-8(14)10(6)9/h1-5,16H,(H2,15,17,18). The first kappa shape index (κ1) is 11.0. The van der Waals surface area contributed by atoms with Gasteiger partial charge in [-0.05, 0) is 12.1 Å². The van der Waals surface area contributed by atoms with Crippen molar-refractivity contribution in [2.75, 3.05) is 5.73 Å². The molecule has 4 nitrogen and oxygen atoms in total. The molecule has 18 heavy (non-hydrogen) atoms. The van der Waals surface area contributed by atoms with Gasteiger partial charge >= 0.3 is 0 Å². The van der Waals surface area contributed by atoms with E-state index in [0.717, 1.165) is 0 Å². The highest BCUT2D eigenvalue weighted by molar-refractivity contribution is 6.33. The molecule has 0 radical (unpaired) electrons. The summed E-state index contributed by atoms with van der Waals surface area (Å²) < 4.78 is 13.9. The van der Waals surface area contributed by atoms with E-state index in [4.69, 9.17) is 17.3 Å². The van der Waals surface area contributed by atoms with Crippen LogP contribution in [0.3, 0.4) is 0 Å². The quantitative estimate of drug-likeness (QED) is 0.708. The zero-order chi connectivity index (χ0) is 12.7. The Morgan fingerprint density at radius 1 is 1.33 bits per heavy atom. The number of hydrogen-bond donors (Lipinski definition) is 2. The minimum Gasteiger partial charge on any atom is -0.368 e. The fourth-order valence-corrected chi connectivity index (χ4v) is 2.09. The number of nitrogen functional groups attached to an aromatic ring is 1. The van der Waals surface area contributed by atoms with Crippen LogP contribution in [0.5, 0.6) is 0 Å². The van der Waals surface area contributed by atoms with Crippen LogP contribution in [0.4, 0.5) is 10.3 Å². The molecular weight excluding hydrogens is 255 g/mol. The zero-order valence-electron chi connectivity index (χ0n) is 9.11. The first-order valence-electron chi connectivity index (χ1n) is 5.21. The number of nitrogens with two attached hydrogens (primary N) is 1. The summed E-state index contributed by atoms with van der Waals surface area (Å²) in [5.74, 6) is -0.239. The number of hydrogen-bond acceptors (Lipinski definition) is 3. The van der Waals surface area contributed by atoms with Crippen LogP contribution in [-0.4, -0.2) is 15.0 Å². The van der Waals surface area contributed by atoms with Gasteiger partial charge in [0, 0.05) is 22.7 Å². The van der Waals surface area contributed by atoms with E-state index in [1.165, 1.54) is 12.3 Å². The molecule has 0 bridgehead atoms. The lowest BCUT2D eigenvalue weighted by atomic mass is 10.1. The van der Waals surface area contributed by atoms with E-state index in [0.29, 0.717) is 27.2 Å². The SMILES string of the molecule is Nc1ncc(Cl)c(-c2c[nH]c3cccc(F)c23)n1. The summed E-state index contributed by atoms with van der Waals surface area (Å²) in [6, 6.07) is 4.80. The van der Waals surface area contributed by atoms with Crippen LogP contribution < -0.4 is 5.73 Å². The lowest BCUT2D eigenvalue weighted by molar-refractivity contribution is 0.640. The van der Waals surface area contributed by atoms with Crippen LogP contribution >= 0.6 is 11.6 Å². The highest BCUT2D eigenvalue weighted by Crippen LogP contribution is 2.33. The van der Waals surface area contributed by atoms with E-state index in [-0.39, 0.29) is 11.8 Å². The molecule has 2 aromatic heterocycles. The Morgan fingerprint density at radius 3 is 3.00 bits per heavy atom. The van der Waals surface area contributed by atoms with Crippen molar-refractivity contribution in [3.05, 3.63) is 41.4 Å². The minimum absolute atomic E-state index is 0.0973. The molecule has 6 heteroatoms. The number of rotatable bonds is 1. The molecule has 0 aliphatic carbocycles. The van der Waals surface area contributed by atoms with E-state index in [1.54, 1.807) is 18.3 Å². The third-order valence-corrected chi connectivity index (χ3v) is 2.95. The zero-order valence-corrected chi connectivity index (χ0v) is 9.87. The topological polar surface area (TPSA) is 67.6 Å². The number of nitrogens with zero attached hydrogens (tertiary/aromatic N) is 2.